The predicted octanol–water partition coefficient (Wildman–Crippen LogP) is 0.500. The molecule has 70 valence electrons. The van der Waals surface area contributed by atoms with E-state index >= 15 is 0 Å². The molecule has 1 aromatic rings. The summed E-state index contributed by atoms with van der Waals surface area (Å²) in [5.74, 6) is -0.396. The van der Waals surface area contributed by atoms with Crippen molar-refractivity contribution < 1.29 is 15.0 Å². The lowest BCUT2D eigenvalue weighted by Crippen LogP contribution is -2.18. The molecular formula is C9H11NO3. The highest BCUT2D eigenvalue weighted by Gasteiger charge is 2.06. The quantitative estimate of drug-likeness (QED) is 0.594. The number of rotatable bonds is 3. The molecule has 0 aliphatic rings. The van der Waals surface area contributed by atoms with Gasteiger partial charge in [-0.2, -0.15) is 0 Å². The van der Waals surface area contributed by atoms with E-state index in [-0.39, 0.29) is 23.8 Å². The smallest absolute Gasteiger partial charge is 0.176 e. The summed E-state index contributed by atoms with van der Waals surface area (Å²) in [7, 11) is 1.65. The number of carbonyl (C=O) groups excluding carboxylic acids is 1. The van der Waals surface area contributed by atoms with Gasteiger partial charge >= 0.3 is 0 Å². The van der Waals surface area contributed by atoms with Gasteiger partial charge in [0.2, 0.25) is 0 Å². The van der Waals surface area contributed by atoms with Crippen LogP contribution in [0, 0.1) is 0 Å². The standard InChI is InChI=1S/C9H11NO3/c1-10-5-9(13)6-2-7(11)4-8(12)3-6/h2-4,10-12H,5H2,1H3. The molecule has 4 heteroatoms. The van der Waals surface area contributed by atoms with E-state index in [4.69, 9.17) is 10.2 Å². The zero-order chi connectivity index (χ0) is 9.84. The Bertz CT molecular complexity index is 302. The second-order valence-electron chi connectivity index (χ2n) is 2.69. The van der Waals surface area contributed by atoms with Gasteiger partial charge in [-0.05, 0) is 19.2 Å². The van der Waals surface area contributed by atoms with Gasteiger partial charge in [0.15, 0.2) is 5.78 Å². The fourth-order valence-electron chi connectivity index (χ4n) is 1.02. The van der Waals surface area contributed by atoms with E-state index in [0.29, 0.717) is 5.56 Å². The minimum atomic E-state index is -0.172. The van der Waals surface area contributed by atoms with E-state index in [0.717, 1.165) is 0 Å². The molecule has 0 saturated carbocycles. The second kappa shape index (κ2) is 3.91. The third-order valence-corrected chi connectivity index (χ3v) is 1.56. The molecule has 1 rings (SSSR count). The van der Waals surface area contributed by atoms with Gasteiger partial charge in [0.25, 0.3) is 0 Å². The highest BCUT2D eigenvalue weighted by Crippen LogP contribution is 2.20. The van der Waals surface area contributed by atoms with E-state index in [1.165, 1.54) is 18.2 Å². The van der Waals surface area contributed by atoms with Gasteiger partial charge in [-0.25, -0.2) is 0 Å². The van der Waals surface area contributed by atoms with Crippen LogP contribution in [0.5, 0.6) is 11.5 Å². The van der Waals surface area contributed by atoms with Crippen molar-refractivity contribution >= 4 is 5.78 Å². The molecule has 0 saturated heterocycles. The molecule has 0 spiro atoms. The summed E-state index contributed by atoms with van der Waals surface area (Å²) in [6.07, 6.45) is 0. The molecule has 0 unspecified atom stereocenters. The number of Topliss-reactive ketones (excluding diaryl/α,β-unsaturated/α-hetero) is 1. The maximum absolute atomic E-state index is 11.3. The third-order valence-electron chi connectivity index (χ3n) is 1.56. The summed E-state index contributed by atoms with van der Waals surface area (Å²) in [5, 5.41) is 20.8. The molecule has 0 radical (unpaired) electrons. The first kappa shape index (κ1) is 9.54. The molecule has 3 N–H and O–H groups in total. The minimum Gasteiger partial charge on any atom is -0.508 e. The Morgan fingerprint density at radius 2 is 1.85 bits per heavy atom. The Morgan fingerprint density at radius 3 is 2.31 bits per heavy atom. The SMILES string of the molecule is CNCC(=O)c1cc(O)cc(O)c1. The molecule has 0 aliphatic heterocycles. The molecule has 0 bridgehead atoms. The molecule has 0 heterocycles. The van der Waals surface area contributed by atoms with E-state index in [1.54, 1.807) is 7.05 Å². The van der Waals surface area contributed by atoms with Crippen LogP contribution in [-0.4, -0.2) is 29.6 Å². The van der Waals surface area contributed by atoms with E-state index < -0.39 is 0 Å². The normalized spacial score (nSPS) is 9.92. The molecular weight excluding hydrogens is 170 g/mol. The number of hydrogen-bond acceptors (Lipinski definition) is 4. The lowest BCUT2D eigenvalue weighted by molar-refractivity contribution is 0.0993. The van der Waals surface area contributed by atoms with Gasteiger partial charge in [0, 0.05) is 11.6 Å². The summed E-state index contributed by atoms with van der Waals surface area (Å²) in [5.41, 5.74) is 0.298. The van der Waals surface area contributed by atoms with Gasteiger partial charge < -0.3 is 15.5 Å². The second-order valence-corrected chi connectivity index (χ2v) is 2.69. The van der Waals surface area contributed by atoms with Crippen LogP contribution in [0.3, 0.4) is 0 Å². The van der Waals surface area contributed by atoms with Gasteiger partial charge in [0.05, 0.1) is 6.54 Å². The van der Waals surface area contributed by atoms with Gasteiger partial charge in [0.1, 0.15) is 11.5 Å². The Balaban J connectivity index is 2.94. The molecule has 4 nitrogen and oxygen atoms in total. The van der Waals surface area contributed by atoms with Crippen LogP contribution in [0.4, 0.5) is 0 Å². The number of hydrogen-bond donors (Lipinski definition) is 3. The largest absolute Gasteiger partial charge is 0.508 e. The van der Waals surface area contributed by atoms with Crippen molar-refractivity contribution in [1.82, 2.24) is 5.32 Å². The lowest BCUT2D eigenvalue weighted by Gasteiger charge is -2.01. The van der Waals surface area contributed by atoms with Gasteiger partial charge in [-0.1, -0.05) is 0 Å². The zero-order valence-corrected chi connectivity index (χ0v) is 7.24. The number of phenolic OH excluding ortho intramolecular Hbond substituents is 2. The van der Waals surface area contributed by atoms with Gasteiger partial charge in [-0.15, -0.1) is 0 Å². The van der Waals surface area contributed by atoms with Crippen LogP contribution in [-0.2, 0) is 0 Å². The van der Waals surface area contributed by atoms with E-state index in [1.807, 2.05) is 0 Å². The van der Waals surface area contributed by atoms with Crippen molar-refractivity contribution in [1.29, 1.82) is 0 Å². The summed E-state index contributed by atoms with van der Waals surface area (Å²) in [4.78, 5) is 11.3. The highest BCUT2D eigenvalue weighted by atomic mass is 16.3. The molecule has 1 aromatic carbocycles. The van der Waals surface area contributed by atoms with E-state index in [2.05, 4.69) is 5.32 Å². The van der Waals surface area contributed by atoms with Crippen molar-refractivity contribution in [2.24, 2.45) is 0 Å². The fraction of sp³-hybridized carbons (Fsp3) is 0.222. The number of phenols is 2. The molecule has 0 amide bonds. The van der Waals surface area contributed by atoms with Gasteiger partial charge in [-0.3, -0.25) is 4.79 Å². The molecule has 13 heavy (non-hydrogen) atoms. The zero-order valence-electron chi connectivity index (χ0n) is 7.24. The topological polar surface area (TPSA) is 69.6 Å². The molecule has 0 atom stereocenters. The van der Waals surface area contributed by atoms with E-state index in [9.17, 15) is 4.79 Å². The van der Waals surface area contributed by atoms with Crippen LogP contribution in [0.25, 0.3) is 0 Å². The average molecular weight is 181 g/mol. The van der Waals surface area contributed by atoms with Crippen LogP contribution in [0.15, 0.2) is 18.2 Å². The van der Waals surface area contributed by atoms with Crippen LogP contribution in [0.1, 0.15) is 10.4 Å². The first-order valence-corrected chi connectivity index (χ1v) is 3.84. The maximum atomic E-state index is 11.3. The van der Waals surface area contributed by atoms with Crippen LogP contribution >= 0.6 is 0 Å². The monoisotopic (exact) mass is 181 g/mol. The summed E-state index contributed by atoms with van der Waals surface area (Å²) >= 11 is 0. The minimum absolute atomic E-state index is 0.112. The molecule has 0 aromatic heterocycles. The maximum Gasteiger partial charge on any atom is 0.176 e. The van der Waals surface area contributed by atoms with Crippen LogP contribution in [0.2, 0.25) is 0 Å². The molecule has 0 fully saturated rings. The number of ketones is 1. The summed E-state index contributed by atoms with van der Waals surface area (Å²) in [6.45, 7) is 0.183. The van der Waals surface area contributed by atoms with Crippen molar-refractivity contribution in [2.75, 3.05) is 13.6 Å². The number of likely N-dealkylation sites (N-methyl/N-ethyl adjacent to an activating group) is 1. The van der Waals surface area contributed by atoms with Crippen molar-refractivity contribution in [3.8, 4) is 11.5 Å². The Morgan fingerprint density at radius 1 is 1.31 bits per heavy atom. The number of nitrogens with one attached hydrogen (secondary N) is 1. The average Bonchev–Trinajstić information content (AvgIpc) is 2.03. The summed E-state index contributed by atoms with van der Waals surface area (Å²) < 4.78 is 0. The third kappa shape index (κ3) is 2.45. The van der Waals surface area contributed by atoms with Crippen molar-refractivity contribution in [2.45, 2.75) is 0 Å². The Labute approximate surface area is 75.8 Å². The van der Waals surface area contributed by atoms with Crippen LogP contribution < -0.4 is 5.32 Å². The van der Waals surface area contributed by atoms with Crippen molar-refractivity contribution in [3.05, 3.63) is 23.8 Å². The fourth-order valence-corrected chi connectivity index (χ4v) is 1.02. The lowest BCUT2D eigenvalue weighted by atomic mass is 10.1. The Kier molecular flexibility index (Phi) is 2.87. The first-order chi connectivity index (χ1) is 6.13. The highest BCUT2D eigenvalue weighted by molar-refractivity contribution is 5.98. The Hall–Kier alpha value is -1.55. The number of benzene rings is 1. The summed E-state index contributed by atoms with van der Waals surface area (Å²) in [6, 6.07) is 3.81. The predicted molar refractivity (Wildman–Crippen MR) is 48.0 cm³/mol. The molecule has 0 aliphatic carbocycles. The van der Waals surface area contributed by atoms with Crippen molar-refractivity contribution in [3.63, 3.8) is 0 Å². The first-order valence-electron chi connectivity index (χ1n) is 3.84. The number of aromatic hydroxyl groups is 2. The number of carbonyl (C=O) groups is 1.